The SMILES string of the molecule is CCNc1nc(CSCC)nc(C)c1C. The van der Waals surface area contributed by atoms with Crippen LogP contribution in [0.3, 0.4) is 0 Å². The van der Waals surface area contributed by atoms with Crippen LogP contribution in [-0.2, 0) is 5.75 Å². The summed E-state index contributed by atoms with van der Waals surface area (Å²) in [5.41, 5.74) is 2.23. The highest BCUT2D eigenvalue weighted by Crippen LogP contribution is 2.17. The number of thioether (sulfide) groups is 1. The topological polar surface area (TPSA) is 37.8 Å². The molecular formula is C11H19N3S. The van der Waals surface area contributed by atoms with Crippen molar-refractivity contribution in [1.29, 1.82) is 0 Å². The molecule has 1 rings (SSSR count). The van der Waals surface area contributed by atoms with Crippen molar-refractivity contribution >= 4 is 17.6 Å². The minimum atomic E-state index is 0.899. The van der Waals surface area contributed by atoms with Crippen LogP contribution in [-0.4, -0.2) is 22.3 Å². The van der Waals surface area contributed by atoms with Gasteiger partial charge in [0, 0.05) is 17.8 Å². The molecule has 84 valence electrons. The van der Waals surface area contributed by atoms with E-state index in [0.29, 0.717) is 0 Å². The summed E-state index contributed by atoms with van der Waals surface area (Å²) in [4.78, 5) is 9.00. The summed E-state index contributed by atoms with van der Waals surface area (Å²) in [7, 11) is 0. The maximum Gasteiger partial charge on any atom is 0.140 e. The largest absolute Gasteiger partial charge is 0.370 e. The number of nitrogens with zero attached hydrogens (tertiary/aromatic N) is 2. The van der Waals surface area contributed by atoms with Gasteiger partial charge in [-0.1, -0.05) is 6.92 Å². The molecule has 4 heteroatoms. The Balaban J connectivity index is 2.90. The van der Waals surface area contributed by atoms with E-state index in [1.54, 1.807) is 0 Å². The predicted octanol–water partition coefficient (Wildman–Crippen LogP) is 2.78. The molecule has 0 amide bonds. The van der Waals surface area contributed by atoms with E-state index in [-0.39, 0.29) is 0 Å². The second-order valence-electron chi connectivity index (χ2n) is 3.37. The molecule has 3 nitrogen and oxygen atoms in total. The molecule has 1 aromatic heterocycles. The molecule has 1 aromatic rings. The van der Waals surface area contributed by atoms with E-state index in [9.17, 15) is 0 Å². The Morgan fingerprint density at radius 2 is 1.93 bits per heavy atom. The first kappa shape index (κ1) is 12.3. The van der Waals surface area contributed by atoms with Crippen LogP contribution < -0.4 is 5.32 Å². The lowest BCUT2D eigenvalue weighted by molar-refractivity contribution is 0.964. The predicted molar refractivity (Wildman–Crippen MR) is 67.5 cm³/mol. The molecule has 0 aliphatic rings. The van der Waals surface area contributed by atoms with E-state index in [4.69, 9.17) is 0 Å². The van der Waals surface area contributed by atoms with Crippen molar-refractivity contribution in [2.45, 2.75) is 33.4 Å². The lowest BCUT2D eigenvalue weighted by atomic mass is 10.2. The Morgan fingerprint density at radius 3 is 2.53 bits per heavy atom. The maximum atomic E-state index is 4.52. The van der Waals surface area contributed by atoms with Crippen LogP contribution in [0.4, 0.5) is 5.82 Å². The van der Waals surface area contributed by atoms with E-state index in [0.717, 1.165) is 41.0 Å². The second kappa shape index (κ2) is 5.95. The molecule has 15 heavy (non-hydrogen) atoms. The monoisotopic (exact) mass is 225 g/mol. The fraction of sp³-hybridized carbons (Fsp3) is 0.636. The average molecular weight is 225 g/mol. The van der Waals surface area contributed by atoms with E-state index in [2.05, 4.69) is 36.1 Å². The zero-order chi connectivity index (χ0) is 11.3. The highest BCUT2D eigenvalue weighted by molar-refractivity contribution is 7.98. The molecule has 1 N–H and O–H groups in total. The fourth-order valence-corrected chi connectivity index (χ4v) is 1.80. The molecule has 0 atom stereocenters. The first-order valence-electron chi connectivity index (χ1n) is 5.34. The average Bonchev–Trinajstić information content (AvgIpc) is 2.22. The van der Waals surface area contributed by atoms with Crippen molar-refractivity contribution in [3.8, 4) is 0 Å². The fourth-order valence-electron chi connectivity index (χ4n) is 1.28. The Kier molecular flexibility index (Phi) is 4.88. The van der Waals surface area contributed by atoms with Crippen LogP contribution in [0.2, 0.25) is 0 Å². The minimum absolute atomic E-state index is 0.899. The number of hydrogen-bond acceptors (Lipinski definition) is 4. The van der Waals surface area contributed by atoms with Crippen LogP contribution >= 0.6 is 11.8 Å². The van der Waals surface area contributed by atoms with Crippen molar-refractivity contribution in [2.24, 2.45) is 0 Å². The Hall–Kier alpha value is -0.770. The smallest absolute Gasteiger partial charge is 0.140 e. The summed E-state index contributed by atoms with van der Waals surface area (Å²) < 4.78 is 0. The number of aryl methyl sites for hydroxylation is 1. The quantitative estimate of drug-likeness (QED) is 0.836. The number of rotatable bonds is 5. The van der Waals surface area contributed by atoms with Gasteiger partial charge in [-0.15, -0.1) is 0 Å². The number of aromatic nitrogens is 2. The summed E-state index contributed by atoms with van der Waals surface area (Å²) in [5, 5.41) is 3.27. The first-order valence-corrected chi connectivity index (χ1v) is 6.50. The molecule has 0 aliphatic heterocycles. The van der Waals surface area contributed by atoms with Crippen molar-refractivity contribution in [2.75, 3.05) is 17.6 Å². The first-order chi connectivity index (χ1) is 7.19. The number of hydrogen-bond donors (Lipinski definition) is 1. The van der Waals surface area contributed by atoms with Gasteiger partial charge in [-0.05, 0) is 26.5 Å². The summed E-state index contributed by atoms with van der Waals surface area (Å²) in [6, 6.07) is 0. The Labute approximate surface area is 96.1 Å². The van der Waals surface area contributed by atoms with Gasteiger partial charge in [0.2, 0.25) is 0 Å². The van der Waals surface area contributed by atoms with Crippen LogP contribution in [0.15, 0.2) is 0 Å². The van der Waals surface area contributed by atoms with Crippen molar-refractivity contribution in [1.82, 2.24) is 9.97 Å². The maximum absolute atomic E-state index is 4.52. The second-order valence-corrected chi connectivity index (χ2v) is 4.64. The van der Waals surface area contributed by atoms with Crippen LogP contribution in [0.1, 0.15) is 30.9 Å². The molecular weight excluding hydrogens is 206 g/mol. The molecule has 0 unspecified atom stereocenters. The molecule has 0 saturated heterocycles. The standard InChI is InChI=1S/C11H19N3S/c1-5-12-11-8(3)9(4)13-10(14-11)7-15-6-2/h5-7H2,1-4H3,(H,12,13,14). The summed E-state index contributed by atoms with van der Waals surface area (Å²) in [6.45, 7) is 9.23. The molecule has 0 radical (unpaired) electrons. The molecule has 0 aromatic carbocycles. The normalized spacial score (nSPS) is 10.4. The molecule has 1 heterocycles. The van der Waals surface area contributed by atoms with Gasteiger partial charge in [-0.3, -0.25) is 0 Å². The lowest BCUT2D eigenvalue weighted by Gasteiger charge is -2.10. The van der Waals surface area contributed by atoms with Crippen molar-refractivity contribution < 1.29 is 0 Å². The zero-order valence-corrected chi connectivity index (χ0v) is 10.7. The van der Waals surface area contributed by atoms with Gasteiger partial charge < -0.3 is 5.32 Å². The highest BCUT2D eigenvalue weighted by Gasteiger charge is 2.06. The number of anilines is 1. The van der Waals surface area contributed by atoms with Gasteiger partial charge in [-0.2, -0.15) is 11.8 Å². The zero-order valence-electron chi connectivity index (χ0n) is 9.92. The third-order valence-electron chi connectivity index (χ3n) is 2.22. The third kappa shape index (κ3) is 3.38. The summed E-state index contributed by atoms with van der Waals surface area (Å²) in [6.07, 6.45) is 0. The van der Waals surface area contributed by atoms with Crippen molar-refractivity contribution in [3.05, 3.63) is 17.1 Å². The van der Waals surface area contributed by atoms with Gasteiger partial charge in [0.1, 0.15) is 11.6 Å². The summed E-state index contributed by atoms with van der Waals surface area (Å²) in [5.74, 6) is 3.92. The Bertz CT molecular complexity index is 326. The molecule has 0 aliphatic carbocycles. The van der Waals surface area contributed by atoms with Gasteiger partial charge in [0.25, 0.3) is 0 Å². The Morgan fingerprint density at radius 1 is 1.20 bits per heavy atom. The van der Waals surface area contributed by atoms with Crippen LogP contribution in [0.25, 0.3) is 0 Å². The highest BCUT2D eigenvalue weighted by atomic mass is 32.2. The molecule has 0 saturated carbocycles. The lowest BCUT2D eigenvalue weighted by Crippen LogP contribution is -2.07. The van der Waals surface area contributed by atoms with Crippen LogP contribution in [0.5, 0.6) is 0 Å². The van der Waals surface area contributed by atoms with Gasteiger partial charge in [-0.25, -0.2) is 9.97 Å². The molecule has 0 spiro atoms. The third-order valence-corrected chi connectivity index (χ3v) is 3.09. The molecule has 0 bridgehead atoms. The number of nitrogens with one attached hydrogen (secondary N) is 1. The van der Waals surface area contributed by atoms with E-state index >= 15 is 0 Å². The summed E-state index contributed by atoms with van der Waals surface area (Å²) >= 11 is 1.85. The van der Waals surface area contributed by atoms with Gasteiger partial charge in [0.15, 0.2) is 0 Å². The van der Waals surface area contributed by atoms with E-state index in [1.165, 1.54) is 0 Å². The van der Waals surface area contributed by atoms with E-state index < -0.39 is 0 Å². The van der Waals surface area contributed by atoms with Crippen molar-refractivity contribution in [3.63, 3.8) is 0 Å². The molecule has 0 fully saturated rings. The van der Waals surface area contributed by atoms with Crippen LogP contribution in [0, 0.1) is 13.8 Å². The van der Waals surface area contributed by atoms with Gasteiger partial charge in [0.05, 0.1) is 5.75 Å². The minimum Gasteiger partial charge on any atom is -0.370 e. The van der Waals surface area contributed by atoms with Gasteiger partial charge >= 0.3 is 0 Å². The van der Waals surface area contributed by atoms with E-state index in [1.807, 2.05) is 18.7 Å².